The first-order valence-electron chi connectivity index (χ1n) is 8.66. The molecule has 1 aliphatic heterocycles. The highest BCUT2D eigenvalue weighted by molar-refractivity contribution is 8.13. The van der Waals surface area contributed by atoms with Crippen molar-refractivity contribution in [2.75, 3.05) is 10.5 Å². The number of alkyl halides is 3. The summed E-state index contributed by atoms with van der Waals surface area (Å²) < 4.78 is 79.7. The van der Waals surface area contributed by atoms with Gasteiger partial charge in [0.2, 0.25) is 10.0 Å². The Morgan fingerprint density at radius 3 is 2.66 bits per heavy atom. The van der Waals surface area contributed by atoms with Crippen LogP contribution in [0.2, 0.25) is 0 Å². The summed E-state index contributed by atoms with van der Waals surface area (Å²) in [6.07, 6.45) is -1.79. The SMILES string of the molecule is CC1(c2ccc(F)c(NS(=O)(=O)C3C=CC(C(F)(F)F)=CC3)c2)CCSC(N)=N1. The van der Waals surface area contributed by atoms with Crippen molar-refractivity contribution in [2.24, 2.45) is 10.7 Å². The first kappa shape index (κ1) is 21.7. The molecule has 0 saturated carbocycles. The summed E-state index contributed by atoms with van der Waals surface area (Å²) in [7, 11) is -4.16. The van der Waals surface area contributed by atoms with Crippen LogP contribution < -0.4 is 10.5 Å². The maximum Gasteiger partial charge on any atom is 0.416 e. The minimum atomic E-state index is -4.55. The average Bonchev–Trinajstić information content (AvgIpc) is 2.62. The number of nitrogens with two attached hydrogens (primary N) is 1. The lowest BCUT2D eigenvalue weighted by Crippen LogP contribution is -2.30. The molecule has 0 saturated heterocycles. The van der Waals surface area contributed by atoms with E-state index in [2.05, 4.69) is 9.71 Å². The van der Waals surface area contributed by atoms with E-state index in [-0.39, 0.29) is 12.1 Å². The fourth-order valence-corrected chi connectivity index (χ4v) is 5.33. The Hall–Kier alpha value is -2.01. The summed E-state index contributed by atoms with van der Waals surface area (Å²) in [5.74, 6) is -0.0836. The van der Waals surface area contributed by atoms with Crippen molar-refractivity contribution in [1.82, 2.24) is 0 Å². The number of aliphatic imine (C=N–C) groups is 1. The first-order chi connectivity index (χ1) is 13.4. The smallest absolute Gasteiger partial charge is 0.379 e. The average molecular weight is 449 g/mol. The number of nitrogens with zero attached hydrogens (tertiary/aromatic N) is 1. The Labute approximate surface area is 170 Å². The van der Waals surface area contributed by atoms with Crippen LogP contribution in [-0.2, 0) is 15.6 Å². The molecule has 2 atom stereocenters. The maximum atomic E-state index is 14.3. The highest BCUT2D eigenvalue weighted by Crippen LogP contribution is 2.37. The van der Waals surface area contributed by atoms with E-state index < -0.39 is 38.4 Å². The van der Waals surface area contributed by atoms with E-state index >= 15 is 0 Å². The number of halogens is 4. The number of hydrogen-bond acceptors (Lipinski definition) is 5. The first-order valence-corrected chi connectivity index (χ1v) is 11.2. The van der Waals surface area contributed by atoms with E-state index in [0.717, 1.165) is 24.3 Å². The van der Waals surface area contributed by atoms with Crippen molar-refractivity contribution in [3.63, 3.8) is 0 Å². The third-order valence-electron chi connectivity index (χ3n) is 4.82. The van der Waals surface area contributed by atoms with Gasteiger partial charge in [0, 0.05) is 5.75 Å². The maximum absolute atomic E-state index is 14.3. The number of nitrogens with one attached hydrogen (secondary N) is 1. The summed E-state index contributed by atoms with van der Waals surface area (Å²) in [5.41, 5.74) is 4.46. The van der Waals surface area contributed by atoms with Gasteiger partial charge >= 0.3 is 6.18 Å². The van der Waals surface area contributed by atoms with E-state index in [4.69, 9.17) is 5.73 Å². The molecule has 1 heterocycles. The van der Waals surface area contributed by atoms with Gasteiger partial charge in [-0.2, -0.15) is 13.2 Å². The Morgan fingerprint density at radius 1 is 1.34 bits per heavy atom. The van der Waals surface area contributed by atoms with Gasteiger partial charge < -0.3 is 5.73 Å². The van der Waals surface area contributed by atoms with E-state index in [1.165, 1.54) is 23.9 Å². The van der Waals surface area contributed by atoms with Gasteiger partial charge in [0.1, 0.15) is 11.1 Å². The molecule has 0 amide bonds. The fourth-order valence-electron chi connectivity index (χ4n) is 3.10. The number of allylic oxidation sites excluding steroid dienone is 3. The zero-order valence-corrected chi connectivity index (χ0v) is 17.0. The molecule has 2 unspecified atom stereocenters. The van der Waals surface area contributed by atoms with Crippen LogP contribution in [0.3, 0.4) is 0 Å². The lowest BCUT2D eigenvalue weighted by Gasteiger charge is -2.30. The molecular weight excluding hydrogens is 430 g/mol. The van der Waals surface area contributed by atoms with Crippen LogP contribution in [0.15, 0.2) is 47.0 Å². The number of anilines is 1. The molecule has 3 N–H and O–H groups in total. The highest BCUT2D eigenvalue weighted by atomic mass is 32.2. The topological polar surface area (TPSA) is 84.5 Å². The highest BCUT2D eigenvalue weighted by Gasteiger charge is 2.35. The quantitative estimate of drug-likeness (QED) is 0.680. The van der Waals surface area contributed by atoms with Gasteiger partial charge in [-0.15, -0.1) is 0 Å². The number of thioether (sulfide) groups is 1. The number of hydrogen-bond donors (Lipinski definition) is 2. The van der Waals surface area contributed by atoms with Crippen molar-refractivity contribution >= 4 is 32.6 Å². The minimum absolute atomic E-state index is 0.283. The molecule has 1 aliphatic carbocycles. The zero-order chi connectivity index (χ0) is 21.4. The minimum Gasteiger partial charge on any atom is -0.379 e. The van der Waals surface area contributed by atoms with E-state index in [1.54, 1.807) is 0 Å². The Morgan fingerprint density at radius 2 is 2.07 bits per heavy atom. The molecule has 5 nitrogen and oxygen atoms in total. The number of amidine groups is 1. The second-order valence-corrected chi connectivity index (χ2v) is 9.97. The molecule has 0 radical (unpaired) electrons. The molecule has 158 valence electrons. The second-order valence-electron chi connectivity index (χ2n) is 6.95. The van der Waals surface area contributed by atoms with E-state index in [0.29, 0.717) is 22.9 Å². The van der Waals surface area contributed by atoms with E-state index in [9.17, 15) is 26.0 Å². The molecule has 0 bridgehead atoms. The molecule has 1 aromatic carbocycles. The predicted molar refractivity (Wildman–Crippen MR) is 107 cm³/mol. The van der Waals surface area contributed by atoms with Gasteiger partial charge in [-0.05, 0) is 37.5 Å². The largest absolute Gasteiger partial charge is 0.416 e. The standard InChI is InChI=1S/C18H19F4N3O2S2/c1-17(8-9-28-16(23)24-17)12-4-7-14(19)15(10-12)25-29(26,27)13-5-2-11(3-6-13)18(20,21)22/h2-5,7,10,13,25H,6,8-9H2,1H3,(H2,23,24). The molecule has 29 heavy (non-hydrogen) atoms. The fraction of sp³-hybridized carbons (Fsp3) is 0.389. The molecule has 0 spiro atoms. The summed E-state index contributed by atoms with van der Waals surface area (Å²) in [6.45, 7) is 1.82. The normalized spacial score (nSPS) is 25.3. The van der Waals surface area contributed by atoms with Crippen molar-refractivity contribution < 1.29 is 26.0 Å². The third kappa shape index (κ3) is 4.77. The van der Waals surface area contributed by atoms with Crippen molar-refractivity contribution in [3.8, 4) is 0 Å². The molecule has 1 aromatic rings. The van der Waals surface area contributed by atoms with Crippen LogP contribution in [0.4, 0.5) is 23.2 Å². The van der Waals surface area contributed by atoms with Crippen molar-refractivity contribution in [1.29, 1.82) is 0 Å². The van der Waals surface area contributed by atoms with Crippen LogP contribution in [0.25, 0.3) is 0 Å². The van der Waals surface area contributed by atoms with Gasteiger partial charge in [-0.25, -0.2) is 12.8 Å². The van der Waals surface area contributed by atoms with Crippen LogP contribution >= 0.6 is 11.8 Å². The molecule has 11 heteroatoms. The van der Waals surface area contributed by atoms with Crippen LogP contribution in [-0.4, -0.2) is 30.8 Å². The van der Waals surface area contributed by atoms with Gasteiger partial charge in [-0.3, -0.25) is 9.71 Å². The Kier molecular flexibility index (Phi) is 5.74. The monoisotopic (exact) mass is 449 g/mol. The Balaban J connectivity index is 1.84. The van der Waals surface area contributed by atoms with Gasteiger partial charge in [0.15, 0.2) is 5.17 Å². The molecule has 3 rings (SSSR count). The molecule has 2 aliphatic rings. The summed E-state index contributed by atoms with van der Waals surface area (Å²) in [4.78, 5) is 4.41. The van der Waals surface area contributed by atoms with Crippen LogP contribution in [0.1, 0.15) is 25.3 Å². The Bertz CT molecular complexity index is 1000. The predicted octanol–water partition coefficient (Wildman–Crippen LogP) is 4.05. The summed E-state index contributed by atoms with van der Waals surface area (Å²) >= 11 is 1.40. The van der Waals surface area contributed by atoms with Gasteiger partial charge in [0.25, 0.3) is 0 Å². The number of rotatable bonds is 4. The number of sulfonamides is 1. The van der Waals surface area contributed by atoms with Crippen molar-refractivity contribution in [2.45, 2.75) is 36.7 Å². The number of benzene rings is 1. The van der Waals surface area contributed by atoms with Crippen molar-refractivity contribution in [3.05, 3.63) is 53.4 Å². The zero-order valence-electron chi connectivity index (χ0n) is 15.3. The third-order valence-corrected chi connectivity index (χ3v) is 7.27. The van der Waals surface area contributed by atoms with Crippen LogP contribution in [0.5, 0.6) is 0 Å². The summed E-state index contributed by atoms with van der Waals surface area (Å²) in [6, 6.07) is 3.99. The summed E-state index contributed by atoms with van der Waals surface area (Å²) in [5, 5.41) is -0.850. The molecular formula is C18H19F4N3O2S2. The lowest BCUT2D eigenvalue weighted by molar-refractivity contribution is -0.0886. The van der Waals surface area contributed by atoms with E-state index in [1.807, 2.05) is 6.92 Å². The van der Waals surface area contributed by atoms with Gasteiger partial charge in [0.05, 0.1) is 16.8 Å². The lowest BCUT2D eigenvalue weighted by atomic mass is 9.89. The molecule has 0 aromatic heterocycles. The van der Waals surface area contributed by atoms with Crippen LogP contribution in [0, 0.1) is 5.82 Å². The second kappa shape index (κ2) is 7.67. The molecule has 0 fully saturated rings. The van der Waals surface area contributed by atoms with Gasteiger partial charge in [-0.1, -0.05) is 36.1 Å².